The summed E-state index contributed by atoms with van der Waals surface area (Å²) in [6.07, 6.45) is 1.41. The molecule has 1 aromatic carbocycles. The quantitative estimate of drug-likeness (QED) is 0.924. The van der Waals surface area contributed by atoms with Crippen LogP contribution in [0.3, 0.4) is 0 Å². The Morgan fingerprint density at radius 1 is 1.33 bits per heavy atom. The van der Waals surface area contributed by atoms with Crippen molar-refractivity contribution in [3.8, 4) is 0 Å². The van der Waals surface area contributed by atoms with Crippen LogP contribution in [0.2, 0.25) is 0 Å². The van der Waals surface area contributed by atoms with Gasteiger partial charge in [-0.25, -0.2) is 4.39 Å². The maximum Gasteiger partial charge on any atom is 0.245 e. The Hall–Kier alpha value is -1.91. The fourth-order valence-corrected chi connectivity index (χ4v) is 2.66. The molecule has 0 aromatic heterocycles. The average Bonchev–Trinajstić information content (AvgIpc) is 2.43. The van der Waals surface area contributed by atoms with E-state index < -0.39 is 12.1 Å². The number of carbonyl (C=O) groups is 2. The summed E-state index contributed by atoms with van der Waals surface area (Å²) in [5.74, 6) is -0.570. The van der Waals surface area contributed by atoms with Gasteiger partial charge in [0.05, 0.1) is 0 Å². The zero-order chi connectivity index (χ0) is 15.6. The molecule has 114 valence electrons. The van der Waals surface area contributed by atoms with Crippen molar-refractivity contribution in [1.29, 1.82) is 0 Å². The lowest BCUT2D eigenvalue weighted by atomic mass is 10.0. The van der Waals surface area contributed by atoms with Crippen molar-refractivity contribution in [3.63, 3.8) is 0 Å². The topological polar surface area (TPSA) is 49.4 Å². The third-order valence-electron chi connectivity index (χ3n) is 3.91. The zero-order valence-electron chi connectivity index (χ0n) is 12.6. The Labute approximate surface area is 124 Å². The molecule has 0 radical (unpaired) electrons. The minimum atomic E-state index is -0.528. The van der Waals surface area contributed by atoms with Gasteiger partial charge in [0.1, 0.15) is 17.9 Å². The Balaban J connectivity index is 2.30. The Morgan fingerprint density at radius 3 is 2.71 bits per heavy atom. The highest BCUT2D eigenvalue weighted by Crippen LogP contribution is 2.20. The summed E-state index contributed by atoms with van der Waals surface area (Å²) in [4.78, 5) is 26.1. The van der Waals surface area contributed by atoms with E-state index in [-0.39, 0.29) is 24.2 Å². The van der Waals surface area contributed by atoms with Gasteiger partial charge in [-0.2, -0.15) is 0 Å². The van der Waals surface area contributed by atoms with E-state index in [0.29, 0.717) is 6.42 Å². The molecule has 1 aliphatic heterocycles. The Kier molecular flexibility index (Phi) is 4.60. The normalized spacial score (nSPS) is 22.4. The molecule has 21 heavy (non-hydrogen) atoms. The number of hydrogen-bond donors (Lipinski definition) is 1. The number of aryl methyl sites for hydroxylation is 1. The van der Waals surface area contributed by atoms with Gasteiger partial charge in [0.15, 0.2) is 0 Å². The molecule has 2 amide bonds. The summed E-state index contributed by atoms with van der Waals surface area (Å²) >= 11 is 0. The molecule has 1 saturated heterocycles. The Morgan fingerprint density at radius 2 is 2.05 bits per heavy atom. The molecule has 2 unspecified atom stereocenters. The first-order valence-corrected chi connectivity index (χ1v) is 7.30. The van der Waals surface area contributed by atoms with Gasteiger partial charge < -0.3 is 10.2 Å². The smallest absolute Gasteiger partial charge is 0.245 e. The van der Waals surface area contributed by atoms with Crippen molar-refractivity contribution >= 4 is 11.8 Å². The standard InChI is InChI=1S/C16H21FN2O2/c1-4-5-14-15(20)18-11(3)16(21)19(14)9-12-8-13(17)7-6-10(12)2/h6-8,11,14H,4-5,9H2,1-3H3,(H,18,20). The van der Waals surface area contributed by atoms with Crippen molar-refractivity contribution in [2.24, 2.45) is 0 Å². The summed E-state index contributed by atoms with van der Waals surface area (Å²) < 4.78 is 13.4. The van der Waals surface area contributed by atoms with Crippen molar-refractivity contribution in [1.82, 2.24) is 10.2 Å². The second-order valence-corrected chi connectivity index (χ2v) is 5.57. The van der Waals surface area contributed by atoms with Crippen LogP contribution in [0.15, 0.2) is 18.2 Å². The molecule has 1 N–H and O–H groups in total. The summed E-state index contributed by atoms with van der Waals surface area (Å²) in [6.45, 7) is 5.79. The van der Waals surface area contributed by atoms with Crippen LogP contribution in [0.1, 0.15) is 37.8 Å². The second-order valence-electron chi connectivity index (χ2n) is 5.57. The fourth-order valence-electron chi connectivity index (χ4n) is 2.66. The SMILES string of the molecule is CCCC1C(=O)NC(C)C(=O)N1Cc1cc(F)ccc1C. The van der Waals surface area contributed by atoms with Gasteiger partial charge in [0.25, 0.3) is 0 Å². The lowest BCUT2D eigenvalue weighted by Crippen LogP contribution is -2.61. The number of halogens is 1. The van der Waals surface area contributed by atoms with E-state index in [1.165, 1.54) is 12.1 Å². The van der Waals surface area contributed by atoms with Gasteiger partial charge >= 0.3 is 0 Å². The van der Waals surface area contributed by atoms with E-state index in [2.05, 4.69) is 5.32 Å². The molecule has 1 aromatic rings. The van der Waals surface area contributed by atoms with E-state index in [1.54, 1.807) is 17.9 Å². The maximum absolute atomic E-state index is 13.4. The minimum absolute atomic E-state index is 0.114. The second kappa shape index (κ2) is 6.24. The van der Waals surface area contributed by atoms with Gasteiger partial charge in [-0.15, -0.1) is 0 Å². The van der Waals surface area contributed by atoms with Gasteiger partial charge in [0.2, 0.25) is 11.8 Å². The molecular weight excluding hydrogens is 271 g/mol. The van der Waals surface area contributed by atoms with E-state index in [9.17, 15) is 14.0 Å². The third-order valence-corrected chi connectivity index (χ3v) is 3.91. The highest BCUT2D eigenvalue weighted by atomic mass is 19.1. The number of rotatable bonds is 4. The van der Waals surface area contributed by atoms with Crippen LogP contribution in [0.4, 0.5) is 4.39 Å². The van der Waals surface area contributed by atoms with Crippen LogP contribution in [0, 0.1) is 12.7 Å². The van der Waals surface area contributed by atoms with Crippen LogP contribution in [-0.2, 0) is 16.1 Å². The largest absolute Gasteiger partial charge is 0.343 e. The third kappa shape index (κ3) is 3.23. The highest BCUT2D eigenvalue weighted by molar-refractivity contribution is 5.96. The van der Waals surface area contributed by atoms with E-state index >= 15 is 0 Å². The van der Waals surface area contributed by atoms with Gasteiger partial charge in [-0.1, -0.05) is 19.4 Å². The van der Waals surface area contributed by atoms with Gasteiger partial charge in [0, 0.05) is 6.54 Å². The molecule has 2 rings (SSSR count). The molecule has 0 bridgehead atoms. The summed E-state index contributed by atoms with van der Waals surface area (Å²) in [7, 11) is 0. The summed E-state index contributed by atoms with van der Waals surface area (Å²) in [5.41, 5.74) is 1.66. The number of nitrogens with one attached hydrogen (secondary N) is 1. The van der Waals surface area contributed by atoms with Gasteiger partial charge in [-0.3, -0.25) is 9.59 Å². The van der Waals surface area contributed by atoms with Crippen LogP contribution < -0.4 is 5.32 Å². The molecule has 1 aliphatic rings. The minimum Gasteiger partial charge on any atom is -0.343 e. The lowest BCUT2D eigenvalue weighted by Gasteiger charge is -2.38. The van der Waals surface area contributed by atoms with Crippen molar-refractivity contribution < 1.29 is 14.0 Å². The molecule has 1 heterocycles. The molecular formula is C16H21FN2O2. The number of carbonyl (C=O) groups excluding carboxylic acids is 2. The van der Waals surface area contributed by atoms with Crippen molar-refractivity contribution in [2.75, 3.05) is 0 Å². The van der Waals surface area contributed by atoms with Crippen molar-refractivity contribution in [3.05, 3.63) is 35.1 Å². The number of benzene rings is 1. The first-order chi connectivity index (χ1) is 9.93. The zero-order valence-corrected chi connectivity index (χ0v) is 12.6. The molecule has 1 fully saturated rings. The van der Waals surface area contributed by atoms with E-state index in [0.717, 1.165) is 17.5 Å². The first kappa shape index (κ1) is 15.5. The predicted molar refractivity (Wildman–Crippen MR) is 78.0 cm³/mol. The summed E-state index contributed by atoms with van der Waals surface area (Å²) in [6, 6.07) is 3.52. The van der Waals surface area contributed by atoms with Crippen LogP contribution in [-0.4, -0.2) is 28.8 Å². The van der Waals surface area contributed by atoms with Crippen LogP contribution in [0.5, 0.6) is 0 Å². The number of piperazine rings is 1. The number of nitrogens with zero attached hydrogens (tertiary/aromatic N) is 1. The van der Waals surface area contributed by atoms with Crippen molar-refractivity contribution in [2.45, 2.75) is 52.2 Å². The number of hydrogen-bond acceptors (Lipinski definition) is 2. The van der Waals surface area contributed by atoms with Crippen LogP contribution >= 0.6 is 0 Å². The average molecular weight is 292 g/mol. The molecule has 4 nitrogen and oxygen atoms in total. The molecule has 0 saturated carbocycles. The molecule has 5 heteroatoms. The summed E-state index contributed by atoms with van der Waals surface area (Å²) in [5, 5.41) is 2.70. The van der Waals surface area contributed by atoms with Gasteiger partial charge in [-0.05, 0) is 43.5 Å². The number of amides is 2. The van der Waals surface area contributed by atoms with Crippen LogP contribution in [0.25, 0.3) is 0 Å². The monoisotopic (exact) mass is 292 g/mol. The first-order valence-electron chi connectivity index (χ1n) is 7.30. The fraction of sp³-hybridized carbons (Fsp3) is 0.500. The molecule has 0 spiro atoms. The molecule has 2 atom stereocenters. The maximum atomic E-state index is 13.4. The highest BCUT2D eigenvalue weighted by Gasteiger charge is 2.37. The molecule has 0 aliphatic carbocycles. The predicted octanol–water partition coefficient (Wildman–Crippen LogP) is 2.15. The van der Waals surface area contributed by atoms with E-state index in [1.807, 2.05) is 13.8 Å². The Bertz CT molecular complexity index is 559. The lowest BCUT2D eigenvalue weighted by molar-refractivity contribution is -0.149. The van der Waals surface area contributed by atoms with E-state index in [4.69, 9.17) is 0 Å².